The van der Waals surface area contributed by atoms with Crippen LogP contribution >= 0.6 is 11.6 Å². The number of nitrogens with one attached hydrogen (secondary N) is 1. The molecule has 0 aliphatic heterocycles. The van der Waals surface area contributed by atoms with Crippen LogP contribution in [0.1, 0.15) is 5.82 Å². The van der Waals surface area contributed by atoms with Crippen molar-refractivity contribution in [1.29, 1.82) is 0 Å². The molecule has 0 unspecified atom stereocenters. The van der Waals surface area contributed by atoms with Crippen molar-refractivity contribution in [3.05, 3.63) is 40.7 Å². The van der Waals surface area contributed by atoms with E-state index in [2.05, 4.69) is 15.3 Å². The Morgan fingerprint density at radius 1 is 1.10 bits per heavy atom. The number of hydrogen-bond acceptors (Lipinski definition) is 4. The molecule has 10 heteroatoms. The van der Waals surface area contributed by atoms with Crippen LogP contribution in [0.4, 0.5) is 39.3 Å². The molecule has 3 N–H and O–H groups in total. The molecule has 1 aromatic carbocycles. The van der Waals surface area contributed by atoms with Crippen molar-refractivity contribution in [2.75, 3.05) is 11.1 Å². The molecule has 21 heavy (non-hydrogen) atoms. The zero-order chi connectivity index (χ0) is 15.8. The largest absolute Gasteiger partial charge is 0.451 e. The van der Waals surface area contributed by atoms with Gasteiger partial charge in [0.05, 0.1) is 10.7 Å². The lowest BCUT2D eigenvalue weighted by molar-refractivity contribution is -0.144. The van der Waals surface area contributed by atoms with Gasteiger partial charge in [0.2, 0.25) is 5.82 Å². The lowest BCUT2D eigenvalue weighted by atomic mass is 10.3. The molecule has 1 heterocycles. The van der Waals surface area contributed by atoms with E-state index in [1.165, 1.54) is 0 Å². The van der Waals surface area contributed by atoms with Crippen LogP contribution in [0.15, 0.2) is 18.2 Å². The monoisotopic (exact) mass is 324 g/mol. The van der Waals surface area contributed by atoms with E-state index >= 15 is 0 Å². The average Bonchev–Trinajstić information content (AvgIpc) is 2.32. The first kappa shape index (κ1) is 15.2. The molecule has 0 bridgehead atoms. The minimum atomic E-state index is -4.82. The van der Waals surface area contributed by atoms with Gasteiger partial charge in [-0.25, -0.2) is 18.7 Å². The van der Waals surface area contributed by atoms with Crippen molar-refractivity contribution in [2.45, 2.75) is 6.18 Å². The van der Waals surface area contributed by atoms with Crippen LogP contribution in [0.25, 0.3) is 0 Å². The third kappa shape index (κ3) is 3.48. The summed E-state index contributed by atoms with van der Waals surface area (Å²) >= 11 is 5.61. The Kier molecular flexibility index (Phi) is 3.86. The molecule has 4 nitrogen and oxygen atoms in total. The lowest BCUT2D eigenvalue weighted by Gasteiger charge is -2.11. The van der Waals surface area contributed by atoms with E-state index in [9.17, 15) is 22.0 Å². The van der Waals surface area contributed by atoms with Crippen LogP contribution in [0.2, 0.25) is 5.02 Å². The summed E-state index contributed by atoms with van der Waals surface area (Å²) in [6.07, 6.45) is -4.82. The number of nitrogens with two attached hydrogens (primary N) is 1. The van der Waals surface area contributed by atoms with Gasteiger partial charge in [0.15, 0.2) is 5.82 Å². The lowest BCUT2D eigenvalue weighted by Crippen LogP contribution is -2.14. The average molecular weight is 325 g/mol. The number of anilines is 3. The summed E-state index contributed by atoms with van der Waals surface area (Å²) in [6.45, 7) is 0. The molecule has 0 spiro atoms. The third-order valence-electron chi connectivity index (χ3n) is 2.26. The fourth-order valence-electron chi connectivity index (χ4n) is 1.45. The van der Waals surface area contributed by atoms with Gasteiger partial charge in [0.25, 0.3) is 0 Å². The zero-order valence-electron chi connectivity index (χ0n) is 9.97. The number of hydrogen-bond donors (Lipinski definition) is 2. The van der Waals surface area contributed by atoms with Gasteiger partial charge in [-0.05, 0) is 6.07 Å². The maximum absolute atomic E-state index is 13.5. The highest BCUT2D eigenvalue weighted by atomic mass is 35.5. The second kappa shape index (κ2) is 5.32. The molecular formula is C11H6ClF5N4. The minimum Gasteiger partial charge on any atom is -0.384 e. The molecule has 0 saturated carbocycles. The molecule has 1 aromatic heterocycles. The van der Waals surface area contributed by atoms with Crippen LogP contribution in [0.3, 0.4) is 0 Å². The molecule has 0 fully saturated rings. The Morgan fingerprint density at radius 3 is 2.33 bits per heavy atom. The Balaban J connectivity index is 2.43. The Labute approximate surface area is 119 Å². The topological polar surface area (TPSA) is 63.8 Å². The van der Waals surface area contributed by atoms with Gasteiger partial charge in [0.1, 0.15) is 17.5 Å². The molecule has 0 radical (unpaired) electrons. The quantitative estimate of drug-likeness (QED) is 0.826. The number of halogens is 6. The van der Waals surface area contributed by atoms with E-state index in [0.29, 0.717) is 6.07 Å². The van der Waals surface area contributed by atoms with Crippen molar-refractivity contribution < 1.29 is 22.0 Å². The number of aromatic nitrogens is 2. The Bertz CT molecular complexity index is 666. The first-order valence-corrected chi connectivity index (χ1v) is 5.68. The number of alkyl halides is 3. The first-order chi connectivity index (χ1) is 9.66. The molecule has 2 rings (SSSR count). The molecule has 0 amide bonds. The van der Waals surface area contributed by atoms with Gasteiger partial charge in [-0.1, -0.05) is 11.6 Å². The smallest absolute Gasteiger partial charge is 0.384 e. The molecular weight excluding hydrogens is 319 g/mol. The van der Waals surface area contributed by atoms with E-state index in [1.54, 1.807) is 0 Å². The summed E-state index contributed by atoms with van der Waals surface area (Å²) in [6, 6.07) is 2.26. The minimum absolute atomic E-state index is 0.363. The number of nitrogens with zero attached hydrogens (tertiary/aromatic N) is 2. The highest BCUT2D eigenvalue weighted by Crippen LogP contribution is 2.31. The number of rotatable bonds is 2. The molecule has 0 aliphatic rings. The Hall–Kier alpha value is -2.16. The standard InChI is InChI=1S/C11H6ClF5N4/c12-5-1-4(13)2-6(14)9(5)20-8-3-7(18)19-10(21-8)11(15,16)17/h1-3H,(H3,18,19,20,21). The summed E-state index contributed by atoms with van der Waals surface area (Å²) in [4.78, 5) is 6.18. The van der Waals surface area contributed by atoms with Crippen LogP contribution < -0.4 is 11.1 Å². The summed E-state index contributed by atoms with van der Waals surface area (Å²) in [5.74, 6) is -4.42. The van der Waals surface area contributed by atoms with Gasteiger partial charge in [-0.15, -0.1) is 0 Å². The molecule has 0 atom stereocenters. The first-order valence-electron chi connectivity index (χ1n) is 5.30. The summed E-state index contributed by atoms with van der Waals surface area (Å²) in [5.41, 5.74) is 4.81. The molecule has 2 aromatic rings. The van der Waals surface area contributed by atoms with Crippen molar-refractivity contribution in [3.8, 4) is 0 Å². The van der Waals surface area contributed by atoms with Crippen LogP contribution in [0, 0.1) is 11.6 Å². The molecule has 112 valence electrons. The maximum Gasteiger partial charge on any atom is 0.451 e. The number of nitrogen functional groups attached to an aromatic ring is 1. The highest BCUT2D eigenvalue weighted by molar-refractivity contribution is 6.33. The van der Waals surface area contributed by atoms with Crippen LogP contribution in [0.5, 0.6) is 0 Å². The molecule has 0 saturated heterocycles. The van der Waals surface area contributed by atoms with Crippen molar-refractivity contribution in [2.24, 2.45) is 0 Å². The van der Waals surface area contributed by atoms with Gasteiger partial charge in [-0.2, -0.15) is 13.2 Å². The van der Waals surface area contributed by atoms with Gasteiger partial charge in [-0.3, -0.25) is 0 Å². The second-order valence-corrected chi connectivity index (χ2v) is 4.28. The van der Waals surface area contributed by atoms with Gasteiger partial charge in [0, 0.05) is 12.1 Å². The van der Waals surface area contributed by atoms with E-state index < -0.39 is 41.0 Å². The maximum atomic E-state index is 13.5. The molecule has 0 aliphatic carbocycles. The summed E-state index contributed by atoms with van der Waals surface area (Å²) < 4.78 is 64.1. The normalized spacial score (nSPS) is 11.5. The van der Waals surface area contributed by atoms with Crippen molar-refractivity contribution in [1.82, 2.24) is 9.97 Å². The van der Waals surface area contributed by atoms with E-state index in [1.807, 2.05) is 0 Å². The zero-order valence-corrected chi connectivity index (χ0v) is 10.7. The second-order valence-electron chi connectivity index (χ2n) is 3.87. The van der Waals surface area contributed by atoms with Crippen LogP contribution in [-0.4, -0.2) is 9.97 Å². The summed E-state index contributed by atoms with van der Waals surface area (Å²) in [5, 5.41) is 1.85. The van der Waals surface area contributed by atoms with Gasteiger partial charge >= 0.3 is 6.18 Å². The number of benzene rings is 1. The predicted octanol–water partition coefficient (Wildman–Crippen LogP) is 3.75. The highest BCUT2D eigenvalue weighted by Gasteiger charge is 2.35. The van der Waals surface area contributed by atoms with E-state index in [0.717, 1.165) is 12.1 Å². The summed E-state index contributed by atoms with van der Waals surface area (Å²) in [7, 11) is 0. The predicted molar refractivity (Wildman–Crippen MR) is 66.1 cm³/mol. The Morgan fingerprint density at radius 2 is 1.76 bits per heavy atom. The fourth-order valence-corrected chi connectivity index (χ4v) is 1.69. The fraction of sp³-hybridized carbons (Fsp3) is 0.0909. The SMILES string of the molecule is Nc1cc(Nc2c(F)cc(F)cc2Cl)nc(C(F)(F)F)n1. The van der Waals surface area contributed by atoms with E-state index in [-0.39, 0.29) is 5.02 Å². The van der Waals surface area contributed by atoms with E-state index in [4.69, 9.17) is 17.3 Å². The van der Waals surface area contributed by atoms with Crippen LogP contribution in [-0.2, 0) is 6.18 Å². The third-order valence-corrected chi connectivity index (χ3v) is 2.56. The van der Waals surface area contributed by atoms with Gasteiger partial charge < -0.3 is 11.1 Å². The van der Waals surface area contributed by atoms with Crippen molar-refractivity contribution >= 4 is 28.9 Å². The van der Waals surface area contributed by atoms with Crippen molar-refractivity contribution in [3.63, 3.8) is 0 Å².